The molecule has 1 unspecified atom stereocenters. The molecule has 0 saturated carbocycles. The van der Waals surface area contributed by atoms with Crippen molar-refractivity contribution in [1.82, 2.24) is 0 Å². The van der Waals surface area contributed by atoms with E-state index in [1.165, 1.54) is 6.92 Å². The van der Waals surface area contributed by atoms with Crippen molar-refractivity contribution in [2.45, 2.75) is 19.4 Å². The van der Waals surface area contributed by atoms with Gasteiger partial charge >= 0.3 is 5.97 Å². The number of nitrogens with zero attached hydrogens (tertiary/aromatic N) is 1. The van der Waals surface area contributed by atoms with E-state index in [0.717, 1.165) is 17.7 Å². The van der Waals surface area contributed by atoms with Crippen LogP contribution in [0.15, 0.2) is 24.3 Å². The highest BCUT2D eigenvalue weighted by atomic mass is 16.5. The van der Waals surface area contributed by atoms with E-state index in [1.807, 2.05) is 24.3 Å². The molecule has 1 heterocycles. The first-order valence-electron chi connectivity index (χ1n) is 5.82. The number of amides is 1. The zero-order valence-corrected chi connectivity index (χ0v) is 10.1. The molecule has 0 aromatic heterocycles. The number of rotatable bonds is 4. The van der Waals surface area contributed by atoms with Gasteiger partial charge in [0.2, 0.25) is 0 Å². The minimum atomic E-state index is -1.07. The SMILES string of the molecule is CC(OCC(=O)N1CCc2ccccc21)C(=O)O. The fourth-order valence-electron chi connectivity index (χ4n) is 1.94. The van der Waals surface area contributed by atoms with E-state index in [4.69, 9.17) is 9.84 Å². The van der Waals surface area contributed by atoms with Gasteiger partial charge in [-0.1, -0.05) is 18.2 Å². The summed E-state index contributed by atoms with van der Waals surface area (Å²) < 4.78 is 5.00. The molecular weight excluding hydrogens is 234 g/mol. The molecule has 0 saturated heterocycles. The maximum Gasteiger partial charge on any atom is 0.332 e. The summed E-state index contributed by atoms with van der Waals surface area (Å²) in [6.45, 7) is 1.83. The van der Waals surface area contributed by atoms with E-state index in [2.05, 4.69) is 0 Å². The third-order valence-electron chi connectivity index (χ3n) is 2.99. The van der Waals surface area contributed by atoms with Gasteiger partial charge in [0, 0.05) is 12.2 Å². The Balaban J connectivity index is 1.97. The largest absolute Gasteiger partial charge is 0.479 e. The number of carboxylic acids is 1. The highest BCUT2D eigenvalue weighted by Gasteiger charge is 2.25. The zero-order chi connectivity index (χ0) is 13.1. The molecule has 5 heteroatoms. The van der Waals surface area contributed by atoms with Gasteiger partial charge in [-0.3, -0.25) is 4.79 Å². The first-order valence-corrected chi connectivity index (χ1v) is 5.82. The van der Waals surface area contributed by atoms with Gasteiger partial charge in [0.05, 0.1) is 0 Å². The summed E-state index contributed by atoms with van der Waals surface area (Å²) >= 11 is 0. The molecule has 96 valence electrons. The van der Waals surface area contributed by atoms with E-state index in [0.29, 0.717) is 6.54 Å². The molecular formula is C13H15NO4. The Morgan fingerprint density at radius 1 is 1.44 bits per heavy atom. The Morgan fingerprint density at radius 2 is 2.17 bits per heavy atom. The van der Waals surface area contributed by atoms with Crippen molar-refractivity contribution in [1.29, 1.82) is 0 Å². The normalized spacial score (nSPS) is 15.3. The quantitative estimate of drug-likeness (QED) is 0.866. The van der Waals surface area contributed by atoms with Crippen molar-refractivity contribution < 1.29 is 19.4 Å². The van der Waals surface area contributed by atoms with E-state index < -0.39 is 12.1 Å². The molecule has 0 aliphatic carbocycles. The number of para-hydroxylation sites is 1. The van der Waals surface area contributed by atoms with Crippen molar-refractivity contribution in [3.63, 3.8) is 0 Å². The molecule has 1 aromatic carbocycles. The van der Waals surface area contributed by atoms with Crippen LogP contribution < -0.4 is 4.90 Å². The third kappa shape index (κ3) is 2.51. The summed E-state index contributed by atoms with van der Waals surface area (Å²) in [6, 6.07) is 7.70. The summed E-state index contributed by atoms with van der Waals surface area (Å²) in [5, 5.41) is 8.67. The molecule has 1 atom stereocenters. The van der Waals surface area contributed by atoms with Crippen LogP contribution in [0.2, 0.25) is 0 Å². The van der Waals surface area contributed by atoms with E-state index in [1.54, 1.807) is 4.90 Å². The van der Waals surface area contributed by atoms with Gasteiger partial charge in [-0.2, -0.15) is 0 Å². The monoisotopic (exact) mass is 249 g/mol. The lowest BCUT2D eigenvalue weighted by molar-refractivity contribution is -0.150. The number of fused-ring (bicyclic) bond motifs is 1. The lowest BCUT2D eigenvalue weighted by atomic mass is 10.2. The van der Waals surface area contributed by atoms with Gasteiger partial charge in [-0.25, -0.2) is 4.79 Å². The first kappa shape index (κ1) is 12.6. The van der Waals surface area contributed by atoms with Crippen LogP contribution in [0.5, 0.6) is 0 Å². The van der Waals surface area contributed by atoms with Crippen LogP contribution in [0.1, 0.15) is 12.5 Å². The summed E-state index contributed by atoms with van der Waals surface area (Å²) in [6.07, 6.45) is -0.136. The van der Waals surface area contributed by atoms with Crippen molar-refractivity contribution >= 4 is 17.6 Å². The smallest absolute Gasteiger partial charge is 0.332 e. The van der Waals surface area contributed by atoms with Crippen molar-refractivity contribution in [3.05, 3.63) is 29.8 Å². The number of ether oxygens (including phenoxy) is 1. The summed E-state index contributed by atoms with van der Waals surface area (Å²) in [5.41, 5.74) is 2.03. The maximum absolute atomic E-state index is 11.9. The predicted octanol–water partition coefficient (Wildman–Crippen LogP) is 1.07. The van der Waals surface area contributed by atoms with Crippen molar-refractivity contribution in [2.75, 3.05) is 18.1 Å². The van der Waals surface area contributed by atoms with Crippen LogP contribution in [0, 0.1) is 0 Å². The Hall–Kier alpha value is -1.88. The standard InChI is InChI=1S/C13H15NO4/c1-9(13(16)17)18-8-12(15)14-7-6-10-4-2-3-5-11(10)14/h2-5,9H,6-8H2,1H3,(H,16,17). The summed E-state index contributed by atoms with van der Waals surface area (Å²) in [5.74, 6) is -1.27. The molecule has 0 bridgehead atoms. The average Bonchev–Trinajstić information content (AvgIpc) is 2.79. The van der Waals surface area contributed by atoms with Crippen molar-refractivity contribution in [2.24, 2.45) is 0 Å². The number of carbonyl (C=O) groups is 2. The molecule has 0 fully saturated rings. The average molecular weight is 249 g/mol. The van der Waals surface area contributed by atoms with E-state index >= 15 is 0 Å². The molecule has 1 aromatic rings. The van der Waals surface area contributed by atoms with Crippen LogP contribution in [0.25, 0.3) is 0 Å². The van der Waals surface area contributed by atoms with Crippen LogP contribution in [0.3, 0.4) is 0 Å². The molecule has 0 radical (unpaired) electrons. The lowest BCUT2D eigenvalue weighted by Crippen LogP contribution is -2.34. The fourth-order valence-corrected chi connectivity index (χ4v) is 1.94. The Morgan fingerprint density at radius 3 is 2.89 bits per heavy atom. The number of anilines is 1. The second kappa shape index (κ2) is 5.18. The van der Waals surface area contributed by atoms with Crippen LogP contribution in [0.4, 0.5) is 5.69 Å². The molecule has 1 aliphatic rings. The molecule has 18 heavy (non-hydrogen) atoms. The lowest BCUT2D eigenvalue weighted by Gasteiger charge is -2.18. The molecule has 1 amide bonds. The highest BCUT2D eigenvalue weighted by molar-refractivity contribution is 5.96. The number of hydrogen-bond donors (Lipinski definition) is 1. The molecule has 1 N–H and O–H groups in total. The number of aliphatic carboxylic acids is 1. The maximum atomic E-state index is 11.9. The summed E-state index contributed by atoms with van der Waals surface area (Å²) in [7, 11) is 0. The number of carboxylic acid groups (broad SMARTS) is 1. The number of hydrogen-bond acceptors (Lipinski definition) is 3. The number of carbonyl (C=O) groups excluding carboxylic acids is 1. The van der Waals surface area contributed by atoms with Gasteiger partial charge in [0.15, 0.2) is 6.10 Å². The van der Waals surface area contributed by atoms with Gasteiger partial charge in [0.25, 0.3) is 5.91 Å². The van der Waals surface area contributed by atoms with Gasteiger partial charge in [0.1, 0.15) is 6.61 Å². The zero-order valence-electron chi connectivity index (χ0n) is 10.1. The van der Waals surface area contributed by atoms with E-state index in [9.17, 15) is 9.59 Å². The van der Waals surface area contributed by atoms with Crippen LogP contribution in [-0.2, 0) is 20.7 Å². The minimum Gasteiger partial charge on any atom is -0.479 e. The fraction of sp³-hybridized carbons (Fsp3) is 0.385. The van der Waals surface area contributed by atoms with Crippen molar-refractivity contribution in [3.8, 4) is 0 Å². The topological polar surface area (TPSA) is 66.8 Å². The minimum absolute atomic E-state index is 0.201. The summed E-state index contributed by atoms with van der Waals surface area (Å²) in [4.78, 5) is 24.2. The molecule has 1 aliphatic heterocycles. The number of benzene rings is 1. The third-order valence-corrected chi connectivity index (χ3v) is 2.99. The second-order valence-electron chi connectivity index (χ2n) is 4.22. The van der Waals surface area contributed by atoms with Gasteiger partial charge in [-0.05, 0) is 25.0 Å². The van der Waals surface area contributed by atoms with Crippen LogP contribution >= 0.6 is 0 Å². The van der Waals surface area contributed by atoms with Gasteiger partial charge in [-0.15, -0.1) is 0 Å². The first-order chi connectivity index (χ1) is 8.59. The Bertz CT molecular complexity index is 472. The molecule has 5 nitrogen and oxygen atoms in total. The van der Waals surface area contributed by atoms with Crippen LogP contribution in [-0.4, -0.2) is 36.2 Å². The Labute approximate surface area is 105 Å². The molecule has 0 spiro atoms. The van der Waals surface area contributed by atoms with Gasteiger partial charge < -0.3 is 14.7 Å². The highest BCUT2D eigenvalue weighted by Crippen LogP contribution is 2.27. The Kier molecular flexibility index (Phi) is 3.62. The predicted molar refractivity (Wildman–Crippen MR) is 65.5 cm³/mol. The molecule has 2 rings (SSSR count). The second-order valence-corrected chi connectivity index (χ2v) is 4.22. The van der Waals surface area contributed by atoms with E-state index in [-0.39, 0.29) is 12.5 Å².